The Kier molecular flexibility index (Phi) is 6.17. The molecule has 1 fully saturated rings. The predicted octanol–water partition coefficient (Wildman–Crippen LogP) is 6.62. The van der Waals surface area contributed by atoms with Crippen molar-refractivity contribution in [3.63, 3.8) is 0 Å². The fourth-order valence-corrected chi connectivity index (χ4v) is 6.16. The number of nitrogens with zero attached hydrogens (tertiary/aromatic N) is 1. The first kappa shape index (κ1) is 21.8. The monoisotopic (exact) mass is 469 g/mol. The summed E-state index contributed by atoms with van der Waals surface area (Å²) >= 11 is 8.04. The van der Waals surface area contributed by atoms with Crippen molar-refractivity contribution in [2.45, 2.75) is 44.8 Å². The molecular weight excluding hydrogens is 442 g/mol. The van der Waals surface area contributed by atoms with Crippen LogP contribution in [0.1, 0.15) is 36.3 Å². The topological polar surface area (TPSA) is 45.8 Å². The molecule has 0 amide bonds. The van der Waals surface area contributed by atoms with Crippen molar-refractivity contribution in [3.8, 4) is 5.75 Å². The molecule has 6 heteroatoms. The molecule has 4 nitrogen and oxygen atoms in total. The highest BCUT2D eigenvalue weighted by molar-refractivity contribution is 7.19. The third-order valence-corrected chi connectivity index (χ3v) is 7.95. The Morgan fingerprint density at radius 1 is 1.25 bits per heavy atom. The van der Waals surface area contributed by atoms with Gasteiger partial charge in [-0.15, -0.1) is 11.3 Å². The summed E-state index contributed by atoms with van der Waals surface area (Å²) in [7, 11) is 0. The summed E-state index contributed by atoms with van der Waals surface area (Å²) in [5.41, 5.74) is 0.814. The van der Waals surface area contributed by atoms with Crippen LogP contribution in [-0.2, 0) is 0 Å². The van der Waals surface area contributed by atoms with Gasteiger partial charge in [-0.1, -0.05) is 17.7 Å². The second kappa shape index (κ2) is 9.06. The normalized spacial score (nSPS) is 20.8. The number of likely N-dealkylation sites (tertiary alicyclic amines) is 1. The van der Waals surface area contributed by atoms with Crippen LogP contribution in [0, 0.1) is 6.92 Å². The van der Waals surface area contributed by atoms with E-state index in [-0.39, 0.29) is 6.61 Å². The molecule has 0 bridgehead atoms. The maximum Gasteiger partial charge on any atom is 0.137 e. The molecule has 0 radical (unpaired) electrons. The lowest BCUT2D eigenvalue weighted by atomic mass is 9.90. The lowest BCUT2D eigenvalue weighted by Gasteiger charge is -2.38. The highest BCUT2D eigenvalue weighted by Crippen LogP contribution is 2.39. The zero-order valence-corrected chi connectivity index (χ0v) is 20.0. The first-order valence-electron chi connectivity index (χ1n) is 11.2. The molecule has 0 unspecified atom stereocenters. The Hall–Kier alpha value is -2.05. The number of piperidine rings is 1. The maximum atomic E-state index is 10.7. The summed E-state index contributed by atoms with van der Waals surface area (Å²) in [6.45, 7) is 6.06. The van der Waals surface area contributed by atoms with Crippen LogP contribution in [0.3, 0.4) is 0 Å². The van der Waals surface area contributed by atoms with Gasteiger partial charge in [0.2, 0.25) is 0 Å². The first-order valence-corrected chi connectivity index (χ1v) is 12.4. The fraction of sp³-hybridized carbons (Fsp3) is 0.385. The largest absolute Gasteiger partial charge is 0.490 e. The Labute approximate surface area is 197 Å². The van der Waals surface area contributed by atoms with E-state index in [2.05, 4.69) is 30.0 Å². The van der Waals surface area contributed by atoms with Gasteiger partial charge in [0.15, 0.2) is 0 Å². The van der Waals surface area contributed by atoms with Gasteiger partial charge < -0.3 is 14.3 Å². The van der Waals surface area contributed by atoms with Crippen molar-refractivity contribution in [3.05, 3.63) is 64.2 Å². The highest BCUT2D eigenvalue weighted by atomic mass is 35.5. The van der Waals surface area contributed by atoms with E-state index >= 15 is 0 Å². The Balaban J connectivity index is 1.17. The average molecular weight is 470 g/mol. The minimum absolute atomic E-state index is 0.271. The molecule has 3 atom stereocenters. The molecule has 2 aromatic carbocycles. The van der Waals surface area contributed by atoms with Gasteiger partial charge in [-0.2, -0.15) is 0 Å². The number of thiophene rings is 1. The predicted molar refractivity (Wildman–Crippen MR) is 132 cm³/mol. The minimum Gasteiger partial charge on any atom is -0.490 e. The van der Waals surface area contributed by atoms with Gasteiger partial charge in [0.25, 0.3) is 0 Å². The van der Waals surface area contributed by atoms with Gasteiger partial charge in [-0.25, -0.2) is 0 Å². The molecule has 0 spiro atoms. The van der Waals surface area contributed by atoms with Gasteiger partial charge in [-0.3, -0.25) is 4.90 Å². The number of hydrogen-bond acceptors (Lipinski definition) is 5. The van der Waals surface area contributed by atoms with E-state index in [9.17, 15) is 5.11 Å². The number of fused-ring (bicyclic) bond motifs is 2. The molecule has 5 rings (SSSR count). The Bertz CT molecular complexity index is 1230. The number of ether oxygens (including phenoxy) is 1. The van der Waals surface area contributed by atoms with Crippen molar-refractivity contribution < 1.29 is 14.3 Å². The smallest absolute Gasteiger partial charge is 0.137 e. The summed E-state index contributed by atoms with van der Waals surface area (Å²) in [4.78, 5) is 3.83. The second-order valence-electron chi connectivity index (χ2n) is 8.89. The summed E-state index contributed by atoms with van der Waals surface area (Å²) in [5, 5.41) is 13.6. The van der Waals surface area contributed by atoms with Crippen LogP contribution in [-0.4, -0.2) is 41.8 Å². The van der Waals surface area contributed by atoms with E-state index in [0.717, 1.165) is 46.9 Å². The fourth-order valence-electron chi connectivity index (χ4n) is 4.78. The third kappa shape index (κ3) is 4.53. The molecule has 1 aliphatic heterocycles. The second-order valence-corrected chi connectivity index (χ2v) is 10.4. The van der Waals surface area contributed by atoms with Crippen LogP contribution in [0.15, 0.2) is 52.9 Å². The molecule has 1 aliphatic rings. The maximum absolute atomic E-state index is 10.7. The molecule has 0 aliphatic carbocycles. The van der Waals surface area contributed by atoms with E-state index in [1.807, 2.05) is 48.6 Å². The van der Waals surface area contributed by atoms with E-state index in [1.54, 1.807) is 0 Å². The van der Waals surface area contributed by atoms with Crippen molar-refractivity contribution in [2.75, 3.05) is 19.7 Å². The van der Waals surface area contributed by atoms with Gasteiger partial charge in [0.1, 0.15) is 29.8 Å². The number of hydrogen-bond donors (Lipinski definition) is 1. The minimum atomic E-state index is -0.538. The zero-order chi connectivity index (χ0) is 22.2. The number of benzene rings is 2. The van der Waals surface area contributed by atoms with Gasteiger partial charge in [-0.05, 0) is 87.0 Å². The number of aliphatic hydroxyl groups is 1. The third-order valence-electron chi connectivity index (χ3n) is 6.43. The van der Waals surface area contributed by atoms with Crippen LogP contribution >= 0.6 is 22.9 Å². The lowest BCUT2D eigenvalue weighted by molar-refractivity contribution is 0.0408. The van der Waals surface area contributed by atoms with Crippen molar-refractivity contribution in [1.29, 1.82) is 0 Å². The van der Waals surface area contributed by atoms with Crippen molar-refractivity contribution >= 4 is 44.0 Å². The molecule has 2 aromatic heterocycles. The SMILES string of the molecule is Cc1cc2c(OC[C@@H](O)CN3CC[C@@H](c4cc5cc(Cl)ccc5s4)C[C@H]3C)cccc2o1. The van der Waals surface area contributed by atoms with Crippen LogP contribution in [0.2, 0.25) is 5.02 Å². The molecule has 168 valence electrons. The molecule has 3 heterocycles. The van der Waals surface area contributed by atoms with E-state index in [1.165, 1.54) is 15.0 Å². The molecule has 1 saturated heterocycles. The number of aryl methyl sites for hydroxylation is 1. The molecule has 0 saturated carbocycles. The summed E-state index contributed by atoms with van der Waals surface area (Å²) < 4.78 is 12.9. The quantitative estimate of drug-likeness (QED) is 0.345. The van der Waals surface area contributed by atoms with Gasteiger partial charge in [0.05, 0.1) is 5.39 Å². The number of halogens is 1. The Morgan fingerprint density at radius 3 is 2.97 bits per heavy atom. The summed E-state index contributed by atoms with van der Waals surface area (Å²) in [6, 6.07) is 16.6. The number of furan rings is 1. The molecule has 4 aromatic rings. The number of rotatable bonds is 6. The van der Waals surface area contributed by atoms with Gasteiger partial charge >= 0.3 is 0 Å². The van der Waals surface area contributed by atoms with Crippen LogP contribution in [0.5, 0.6) is 5.75 Å². The van der Waals surface area contributed by atoms with E-state index in [0.29, 0.717) is 18.5 Å². The number of β-amino-alcohol motifs (C(OH)–C–C–N with tert-alkyl or cyclic N) is 1. The Morgan fingerprint density at radius 2 is 2.12 bits per heavy atom. The highest BCUT2D eigenvalue weighted by Gasteiger charge is 2.29. The van der Waals surface area contributed by atoms with Crippen LogP contribution in [0.25, 0.3) is 21.1 Å². The van der Waals surface area contributed by atoms with E-state index < -0.39 is 6.10 Å². The zero-order valence-electron chi connectivity index (χ0n) is 18.4. The van der Waals surface area contributed by atoms with Crippen molar-refractivity contribution in [1.82, 2.24) is 4.90 Å². The molecule has 32 heavy (non-hydrogen) atoms. The summed E-state index contributed by atoms with van der Waals surface area (Å²) in [5.74, 6) is 2.18. The van der Waals surface area contributed by atoms with Crippen LogP contribution in [0.4, 0.5) is 0 Å². The standard InChI is InChI=1S/C26H28ClNO3S/c1-16-10-18(26-13-19-12-20(27)6-7-25(19)32-26)8-9-28(16)14-21(29)15-30-23-4-3-5-24-22(23)11-17(2)31-24/h3-7,11-13,16,18,21,29H,8-10,14-15H2,1-2H3/t16-,18-,21+/m1/s1. The summed E-state index contributed by atoms with van der Waals surface area (Å²) in [6.07, 6.45) is 1.66. The lowest BCUT2D eigenvalue weighted by Crippen LogP contribution is -2.45. The average Bonchev–Trinajstić information content (AvgIpc) is 3.36. The van der Waals surface area contributed by atoms with Gasteiger partial charge in [0, 0.05) is 27.2 Å². The van der Waals surface area contributed by atoms with Crippen molar-refractivity contribution in [2.24, 2.45) is 0 Å². The molecule has 1 N–H and O–H groups in total. The first-order chi connectivity index (χ1) is 15.5. The number of aliphatic hydroxyl groups excluding tert-OH is 1. The van der Waals surface area contributed by atoms with E-state index in [4.69, 9.17) is 20.8 Å². The molecular formula is C26H28ClNO3S. The van der Waals surface area contributed by atoms with Crippen LogP contribution < -0.4 is 4.74 Å².